The number of furan rings is 1. The highest BCUT2D eigenvalue weighted by atomic mass is 16.6. The third-order valence-corrected chi connectivity index (χ3v) is 3.59. The fourth-order valence-electron chi connectivity index (χ4n) is 2.29. The first-order valence-corrected chi connectivity index (χ1v) is 7.74. The number of nitrogens with zero attached hydrogens (tertiary/aromatic N) is 3. The lowest BCUT2D eigenvalue weighted by atomic mass is 10.1. The maximum absolute atomic E-state index is 11.9. The largest absolute Gasteiger partial charge is 0.496 e. The summed E-state index contributed by atoms with van der Waals surface area (Å²) in [7, 11) is 1.42. The number of ether oxygens (including phenoxy) is 1. The maximum Gasteiger partial charge on any atom is 0.273 e. The SMILES string of the molecule is COc1cc([N+](=O)[O-])ccc1-c1ccc(C=NNC(=O)c2ccncc2)o1. The normalized spacial score (nSPS) is 10.7. The summed E-state index contributed by atoms with van der Waals surface area (Å²) in [5.74, 6) is 0.773. The van der Waals surface area contributed by atoms with E-state index in [2.05, 4.69) is 15.5 Å². The lowest BCUT2D eigenvalue weighted by Crippen LogP contribution is -2.17. The van der Waals surface area contributed by atoms with Crippen molar-refractivity contribution in [2.24, 2.45) is 5.10 Å². The number of pyridine rings is 1. The Morgan fingerprint density at radius 3 is 2.74 bits per heavy atom. The van der Waals surface area contributed by atoms with Gasteiger partial charge in [0.05, 0.1) is 29.9 Å². The number of amides is 1. The Hall–Kier alpha value is -4.01. The molecule has 0 unspecified atom stereocenters. The molecule has 0 aliphatic rings. The van der Waals surface area contributed by atoms with E-state index in [1.807, 2.05) is 0 Å². The Kier molecular flexibility index (Phi) is 5.22. The second-order valence-electron chi connectivity index (χ2n) is 5.28. The minimum absolute atomic E-state index is 0.0808. The molecule has 9 heteroatoms. The van der Waals surface area contributed by atoms with Crippen LogP contribution in [0.2, 0.25) is 0 Å². The molecule has 3 rings (SSSR count). The number of hydrogen-bond donors (Lipinski definition) is 1. The van der Waals surface area contributed by atoms with Gasteiger partial charge in [0.1, 0.15) is 17.3 Å². The summed E-state index contributed by atoms with van der Waals surface area (Å²) in [6, 6.07) is 10.7. The highest BCUT2D eigenvalue weighted by Gasteiger charge is 2.15. The van der Waals surface area contributed by atoms with Crippen LogP contribution in [0.25, 0.3) is 11.3 Å². The van der Waals surface area contributed by atoms with E-state index in [4.69, 9.17) is 9.15 Å². The number of rotatable bonds is 6. The molecule has 1 aromatic carbocycles. The fourth-order valence-corrected chi connectivity index (χ4v) is 2.29. The van der Waals surface area contributed by atoms with Gasteiger partial charge in [0, 0.05) is 24.0 Å². The zero-order valence-corrected chi connectivity index (χ0v) is 14.2. The van der Waals surface area contributed by atoms with E-state index in [-0.39, 0.29) is 11.6 Å². The topological polar surface area (TPSA) is 120 Å². The molecule has 0 spiro atoms. The van der Waals surface area contributed by atoms with Crippen LogP contribution in [0.3, 0.4) is 0 Å². The van der Waals surface area contributed by atoms with Gasteiger partial charge >= 0.3 is 0 Å². The standard InChI is InChI=1S/C18H14N4O5/c1-26-17-10-13(22(24)25)2-4-15(17)16-5-3-14(27-16)11-20-21-18(23)12-6-8-19-9-7-12/h2-11H,1H3,(H,21,23). The Labute approximate surface area is 153 Å². The molecular formula is C18H14N4O5. The molecule has 0 saturated heterocycles. The molecule has 0 aliphatic heterocycles. The van der Waals surface area contributed by atoms with Gasteiger partial charge in [-0.3, -0.25) is 19.9 Å². The molecule has 0 radical (unpaired) electrons. The number of nitrogens with one attached hydrogen (secondary N) is 1. The van der Waals surface area contributed by atoms with Gasteiger partial charge in [-0.05, 0) is 30.3 Å². The van der Waals surface area contributed by atoms with Gasteiger partial charge in [-0.1, -0.05) is 0 Å². The van der Waals surface area contributed by atoms with Crippen molar-refractivity contribution in [1.29, 1.82) is 0 Å². The summed E-state index contributed by atoms with van der Waals surface area (Å²) >= 11 is 0. The van der Waals surface area contributed by atoms with Crippen LogP contribution < -0.4 is 10.2 Å². The van der Waals surface area contributed by atoms with Crippen LogP contribution in [0, 0.1) is 10.1 Å². The summed E-state index contributed by atoms with van der Waals surface area (Å²) in [4.78, 5) is 26.1. The van der Waals surface area contributed by atoms with Crippen molar-refractivity contribution < 1.29 is 18.9 Å². The van der Waals surface area contributed by atoms with Crippen LogP contribution in [0.5, 0.6) is 5.75 Å². The maximum atomic E-state index is 11.9. The number of aromatic nitrogens is 1. The Balaban J connectivity index is 1.73. The second-order valence-corrected chi connectivity index (χ2v) is 5.28. The average molecular weight is 366 g/mol. The molecule has 136 valence electrons. The molecule has 0 aliphatic carbocycles. The first kappa shape index (κ1) is 17.8. The van der Waals surface area contributed by atoms with Gasteiger partial charge < -0.3 is 9.15 Å². The quantitative estimate of drug-likeness (QED) is 0.407. The van der Waals surface area contributed by atoms with E-state index >= 15 is 0 Å². The lowest BCUT2D eigenvalue weighted by Gasteiger charge is -2.05. The first-order valence-electron chi connectivity index (χ1n) is 7.74. The molecule has 1 N–H and O–H groups in total. The predicted octanol–water partition coefficient (Wildman–Crippen LogP) is 3.02. The van der Waals surface area contributed by atoms with Gasteiger partial charge in [0.25, 0.3) is 11.6 Å². The van der Waals surface area contributed by atoms with Gasteiger partial charge in [0.15, 0.2) is 0 Å². The number of non-ortho nitro benzene ring substituents is 1. The monoisotopic (exact) mass is 366 g/mol. The molecule has 3 aromatic rings. The molecule has 0 saturated carbocycles. The molecule has 1 amide bonds. The lowest BCUT2D eigenvalue weighted by molar-refractivity contribution is -0.384. The number of nitro groups is 1. The molecule has 0 atom stereocenters. The number of carbonyl (C=O) groups is 1. The predicted molar refractivity (Wildman–Crippen MR) is 96.6 cm³/mol. The van der Waals surface area contributed by atoms with Crippen molar-refractivity contribution in [3.8, 4) is 17.1 Å². The van der Waals surface area contributed by atoms with E-state index in [9.17, 15) is 14.9 Å². The van der Waals surface area contributed by atoms with Crippen LogP contribution in [0.4, 0.5) is 5.69 Å². The smallest absolute Gasteiger partial charge is 0.273 e. The molecule has 0 fully saturated rings. The van der Waals surface area contributed by atoms with Gasteiger partial charge in [-0.25, -0.2) is 5.43 Å². The number of nitro benzene ring substituents is 1. The van der Waals surface area contributed by atoms with E-state index < -0.39 is 4.92 Å². The Bertz CT molecular complexity index is 998. The van der Waals surface area contributed by atoms with Gasteiger partial charge in [0.2, 0.25) is 0 Å². The van der Waals surface area contributed by atoms with Crippen LogP contribution >= 0.6 is 0 Å². The van der Waals surface area contributed by atoms with Crippen molar-refractivity contribution in [3.63, 3.8) is 0 Å². The van der Waals surface area contributed by atoms with E-state index in [1.54, 1.807) is 30.3 Å². The number of methoxy groups -OCH3 is 1. The number of hydrazone groups is 1. The van der Waals surface area contributed by atoms with Crippen molar-refractivity contribution in [2.45, 2.75) is 0 Å². The molecule has 2 aromatic heterocycles. The van der Waals surface area contributed by atoms with E-state index in [0.29, 0.717) is 28.4 Å². The molecule has 0 bridgehead atoms. The fraction of sp³-hybridized carbons (Fsp3) is 0.0556. The summed E-state index contributed by atoms with van der Waals surface area (Å²) in [6.07, 6.45) is 4.37. The Morgan fingerprint density at radius 1 is 1.26 bits per heavy atom. The minimum Gasteiger partial charge on any atom is -0.496 e. The van der Waals surface area contributed by atoms with E-state index in [1.165, 1.54) is 37.9 Å². The Morgan fingerprint density at radius 2 is 2.04 bits per heavy atom. The average Bonchev–Trinajstić information content (AvgIpc) is 3.16. The second kappa shape index (κ2) is 7.91. The zero-order valence-electron chi connectivity index (χ0n) is 14.2. The number of benzene rings is 1. The van der Waals surface area contributed by atoms with Crippen molar-refractivity contribution in [3.05, 3.63) is 76.3 Å². The van der Waals surface area contributed by atoms with Crippen LogP contribution in [0.1, 0.15) is 16.1 Å². The minimum atomic E-state index is -0.502. The van der Waals surface area contributed by atoms with Crippen molar-refractivity contribution in [1.82, 2.24) is 10.4 Å². The number of hydrogen-bond acceptors (Lipinski definition) is 7. The highest BCUT2D eigenvalue weighted by molar-refractivity contribution is 5.94. The summed E-state index contributed by atoms with van der Waals surface area (Å²) < 4.78 is 10.8. The van der Waals surface area contributed by atoms with Gasteiger partial charge in [-0.15, -0.1) is 0 Å². The molecule has 27 heavy (non-hydrogen) atoms. The molecule has 2 heterocycles. The third-order valence-electron chi connectivity index (χ3n) is 3.59. The van der Waals surface area contributed by atoms with Crippen molar-refractivity contribution in [2.75, 3.05) is 7.11 Å². The summed E-state index contributed by atoms with van der Waals surface area (Å²) in [6.45, 7) is 0. The zero-order chi connectivity index (χ0) is 19.2. The molecule has 9 nitrogen and oxygen atoms in total. The van der Waals surface area contributed by atoms with Crippen LogP contribution in [0.15, 0.2) is 64.4 Å². The van der Waals surface area contributed by atoms with Gasteiger partial charge in [-0.2, -0.15) is 5.10 Å². The molecular weight excluding hydrogens is 352 g/mol. The van der Waals surface area contributed by atoms with Crippen molar-refractivity contribution >= 4 is 17.8 Å². The van der Waals surface area contributed by atoms with Crippen LogP contribution in [-0.4, -0.2) is 29.1 Å². The number of carbonyl (C=O) groups excluding carboxylic acids is 1. The first-order chi connectivity index (χ1) is 13.1. The summed E-state index contributed by atoms with van der Waals surface area (Å²) in [5, 5.41) is 14.7. The third kappa shape index (κ3) is 4.15. The summed E-state index contributed by atoms with van der Waals surface area (Å²) in [5.41, 5.74) is 3.29. The highest BCUT2D eigenvalue weighted by Crippen LogP contribution is 2.33. The van der Waals surface area contributed by atoms with E-state index in [0.717, 1.165) is 0 Å². The van der Waals surface area contributed by atoms with Crippen LogP contribution in [-0.2, 0) is 0 Å².